The molecule has 1 heterocycles. The number of aromatic nitrogens is 1. The van der Waals surface area contributed by atoms with Gasteiger partial charge in [0.1, 0.15) is 5.75 Å². The second-order valence-electron chi connectivity index (χ2n) is 4.20. The van der Waals surface area contributed by atoms with E-state index in [9.17, 15) is 9.59 Å². The lowest BCUT2D eigenvalue weighted by Crippen LogP contribution is -2.23. The maximum Gasteiger partial charge on any atom is 0.253 e. The molecule has 5 nitrogen and oxygen atoms in total. The molecule has 0 aliphatic carbocycles. The Labute approximate surface area is 116 Å². The summed E-state index contributed by atoms with van der Waals surface area (Å²) in [6.07, 6.45) is 1.40. The quantitative estimate of drug-likeness (QED) is 0.870. The number of amides is 1. The average molecular weight is 272 g/mol. The van der Waals surface area contributed by atoms with Crippen molar-refractivity contribution in [1.29, 1.82) is 0 Å². The summed E-state index contributed by atoms with van der Waals surface area (Å²) in [4.78, 5) is 25.3. The summed E-state index contributed by atoms with van der Waals surface area (Å²) in [5, 5.41) is 2.79. The van der Waals surface area contributed by atoms with Crippen LogP contribution < -0.4 is 15.6 Å². The average Bonchev–Trinajstić information content (AvgIpc) is 2.46. The summed E-state index contributed by atoms with van der Waals surface area (Å²) in [5.74, 6) is 0.548. The number of ether oxygens (including phenoxy) is 1. The fourth-order valence-electron chi connectivity index (χ4n) is 1.75. The molecule has 20 heavy (non-hydrogen) atoms. The highest BCUT2D eigenvalue weighted by molar-refractivity contribution is 5.93. The van der Waals surface area contributed by atoms with Crippen molar-refractivity contribution in [2.24, 2.45) is 0 Å². The standard InChI is InChI=1S/C15H16N2O3/c1-2-20-13-5-3-4-11(8-13)9-17-15(19)12-6-7-14(18)16-10-12/h3-8,10H,2,9H2,1H3,(H,16,18)(H,17,19). The minimum absolute atomic E-state index is 0.231. The van der Waals surface area contributed by atoms with Gasteiger partial charge >= 0.3 is 0 Å². The molecule has 0 saturated carbocycles. The lowest BCUT2D eigenvalue weighted by atomic mass is 10.2. The Morgan fingerprint density at radius 2 is 2.15 bits per heavy atom. The van der Waals surface area contributed by atoms with E-state index in [4.69, 9.17) is 4.74 Å². The predicted octanol–water partition coefficient (Wildman–Crippen LogP) is 1.70. The van der Waals surface area contributed by atoms with Gasteiger partial charge in [-0.05, 0) is 30.7 Å². The number of H-pyrrole nitrogens is 1. The van der Waals surface area contributed by atoms with Crippen LogP contribution in [0.15, 0.2) is 47.4 Å². The molecule has 0 spiro atoms. The van der Waals surface area contributed by atoms with Crippen molar-refractivity contribution < 1.29 is 9.53 Å². The monoisotopic (exact) mass is 272 g/mol. The first-order chi connectivity index (χ1) is 9.69. The number of hydrogen-bond donors (Lipinski definition) is 2. The number of benzene rings is 1. The van der Waals surface area contributed by atoms with Gasteiger partial charge in [0.15, 0.2) is 0 Å². The van der Waals surface area contributed by atoms with Crippen LogP contribution in [-0.4, -0.2) is 17.5 Å². The second-order valence-corrected chi connectivity index (χ2v) is 4.20. The van der Waals surface area contributed by atoms with Gasteiger partial charge in [0.2, 0.25) is 5.56 Å². The molecular formula is C15H16N2O3. The van der Waals surface area contributed by atoms with E-state index in [1.165, 1.54) is 18.3 Å². The molecule has 0 bridgehead atoms. The van der Waals surface area contributed by atoms with Crippen molar-refractivity contribution in [1.82, 2.24) is 10.3 Å². The molecule has 1 aromatic heterocycles. The molecule has 0 radical (unpaired) electrons. The molecule has 1 aromatic carbocycles. The van der Waals surface area contributed by atoms with Crippen molar-refractivity contribution in [2.45, 2.75) is 13.5 Å². The van der Waals surface area contributed by atoms with Crippen LogP contribution in [0.5, 0.6) is 5.75 Å². The molecule has 0 saturated heterocycles. The van der Waals surface area contributed by atoms with E-state index >= 15 is 0 Å². The van der Waals surface area contributed by atoms with E-state index in [1.807, 2.05) is 31.2 Å². The van der Waals surface area contributed by atoms with Gasteiger partial charge in [-0.25, -0.2) is 0 Å². The van der Waals surface area contributed by atoms with Gasteiger partial charge in [-0.15, -0.1) is 0 Å². The Balaban J connectivity index is 1.97. The molecule has 0 aliphatic rings. The van der Waals surface area contributed by atoms with Crippen LogP contribution in [0.2, 0.25) is 0 Å². The van der Waals surface area contributed by atoms with Crippen LogP contribution in [0.4, 0.5) is 0 Å². The van der Waals surface area contributed by atoms with Gasteiger partial charge in [0, 0.05) is 18.8 Å². The van der Waals surface area contributed by atoms with Crippen LogP contribution in [0.3, 0.4) is 0 Å². The van der Waals surface area contributed by atoms with Gasteiger partial charge in [0.25, 0.3) is 5.91 Å². The number of carbonyl (C=O) groups excluding carboxylic acids is 1. The van der Waals surface area contributed by atoms with Gasteiger partial charge < -0.3 is 15.0 Å². The number of pyridine rings is 1. The van der Waals surface area contributed by atoms with Crippen LogP contribution >= 0.6 is 0 Å². The Bertz CT molecular complexity index is 629. The van der Waals surface area contributed by atoms with E-state index in [2.05, 4.69) is 10.3 Å². The Kier molecular flexibility index (Phi) is 4.55. The van der Waals surface area contributed by atoms with Gasteiger partial charge in [-0.3, -0.25) is 9.59 Å². The van der Waals surface area contributed by atoms with E-state index in [-0.39, 0.29) is 11.5 Å². The fraction of sp³-hybridized carbons (Fsp3) is 0.200. The predicted molar refractivity (Wildman–Crippen MR) is 75.8 cm³/mol. The van der Waals surface area contributed by atoms with Crippen LogP contribution in [0.1, 0.15) is 22.8 Å². The molecule has 2 N–H and O–H groups in total. The SMILES string of the molecule is CCOc1cccc(CNC(=O)c2ccc(=O)[nH]c2)c1. The number of nitrogens with one attached hydrogen (secondary N) is 2. The molecule has 2 rings (SSSR count). The number of hydrogen-bond acceptors (Lipinski definition) is 3. The maximum absolute atomic E-state index is 11.9. The first-order valence-corrected chi connectivity index (χ1v) is 6.37. The highest BCUT2D eigenvalue weighted by Crippen LogP contribution is 2.13. The number of aromatic amines is 1. The van der Waals surface area contributed by atoms with E-state index < -0.39 is 0 Å². The molecule has 0 fully saturated rings. The number of carbonyl (C=O) groups is 1. The van der Waals surface area contributed by atoms with Gasteiger partial charge in [-0.1, -0.05) is 12.1 Å². The van der Waals surface area contributed by atoms with E-state index in [1.54, 1.807) is 0 Å². The highest BCUT2D eigenvalue weighted by Gasteiger charge is 2.05. The zero-order valence-electron chi connectivity index (χ0n) is 11.2. The fourth-order valence-corrected chi connectivity index (χ4v) is 1.75. The van der Waals surface area contributed by atoms with Crippen molar-refractivity contribution in [3.05, 3.63) is 64.1 Å². The van der Waals surface area contributed by atoms with Gasteiger partial charge in [0.05, 0.1) is 12.2 Å². The number of rotatable bonds is 5. The molecule has 104 valence electrons. The molecular weight excluding hydrogens is 256 g/mol. The minimum Gasteiger partial charge on any atom is -0.494 e. The molecule has 0 atom stereocenters. The first kappa shape index (κ1) is 13.9. The van der Waals surface area contributed by atoms with Crippen molar-refractivity contribution in [3.63, 3.8) is 0 Å². The van der Waals surface area contributed by atoms with Gasteiger partial charge in [-0.2, -0.15) is 0 Å². The summed E-state index contributed by atoms with van der Waals surface area (Å²) in [5.41, 5.74) is 1.14. The third kappa shape index (κ3) is 3.71. The third-order valence-corrected chi connectivity index (χ3v) is 2.71. The highest BCUT2D eigenvalue weighted by atomic mass is 16.5. The van der Waals surface area contributed by atoms with Crippen molar-refractivity contribution in [2.75, 3.05) is 6.61 Å². The normalized spacial score (nSPS) is 10.1. The molecule has 0 unspecified atom stereocenters. The lowest BCUT2D eigenvalue weighted by Gasteiger charge is -2.07. The maximum atomic E-state index is 11.9. The minimum atomic E-state index is -0.233. The Morgan fingerprint density at radius 3 is 2.85 bits per heavy atom. The lowest BCUT2D eigenvalue weighted by molar-refractivity contribution is 0.0950. The zero-order valence-corrected chi connectivity index (χ0v) is 11.2. The summed E-state index contributed by atoms with van der Waals surface area (Å²) >= 11 is 0. The summed E-state index contributed by atoms with van der Waals surface area (Å²) in [6.45, 7) is 2.93. The largest absolute Gasteiger partial charge is 0.494 e. The summed E-state index contributed by atoms with van der Waals surface area (Å²) in [6, 6.07) is 10.4. The zero-order chi connectivity index (χ0) is 14.4. The topological polar surface area (TPSA) is 71.2 Å². The van der Waals surface area contributed by atoms with Crippen LogP contribution in [-0.2, 0) is 6.54 Å². The van der Waals surface area contributed by atoms with Crippen LogP contribution in [0, 0.1) is 0 Å². The summed E-state index contributed by atoms with van der Waals surface area (Å²) in [7, 11) is 0. The molecule has 0 aliphatic heterocycles. The molecule has 1 amide bonds. The third-order valence-electron chi connectivity index (χ3n) is 2.71. The summed E-state index contributed by atoms with van der Waals surface area (Å²) < 4.78 is 5.40. The Hall–Kier alpha value is -2.56. The molecule has 2 aromatic rings. The first-order valence-electron chi connectivity index (χ1n) is 6.37. The second kappa shape index (κ2) is 6.56. The Morgan fingerprint density at radius 1 is 1.30 bits per heavy atom. The van der Waals surface area contributed by atoms with Crippen LogP contribution in [0.25, 0.3) is 0 Å². The smallest absolute Gasteiger partial charge is 0.253 e. The molecule has 5 heteroatoms. The van der Waals surface area contributed by atoms with Crippen molar-refractivity contribution >= 4 is 5.91 Å². The van der Waals surface area contributed by atoms with Crippen molar-refractivity contribution in [3.8, 4) is 5.75 Å². The van der Waals surface area contributed by atoms with E-state index in [0.29, 0.717) is 18.7 Å². The van der Waals surface area contributed by atoms with E-state index in [0.717, 1.165) is 11.3 Å².